The first-order valence-corrected chi connectivity index (χ1v) is 6.45. The molecular formula is C13H23NO5. The number of esters is 1. The maximum atomic E-state index is 12.0. The molecule has 0 saturated heterocycles. The first-order valence-electron chi connectivity index (χ1n) is 6.45. The summed E-state index contributed by atoms with van der Waals surface area (Å²) in [7, 11) is 1.47. The summed E-state index contributed by atoms with van der Waals surface area (Å²) in [6.45, 7) is 5.27. The van der Waals surface area contributed by atoms with Gasteiger partial charge in [0, 0.05) is 13.5 Å². The third-order valence-electron chi connectivity index (χ3n) is 3.39. The van der Waals surface area contributed by atoms with Crippen LogP contribution in [0.3, 0.4) is 0 Å². The average molecular weight is 273 g/mol. The quantitative estimate of drug-likeness (QED) is 0.674. The average Bonchev–Trinajstić information content (AvgIpc) is 2.35. The molecule has 6 nitrogen and oxygen atoms in total. The van der Waals surface area contributed by atoms with Gasteiger partial charge in [-0.25, -0.2) is 0 Å². The molecule has 0 radical (unpaired) electrons. The Hall–Kier alpha value is -1.59. The highest BCUT2D eigenvalue weighted by atomic mass is 16.5. The Morgan fingerprint density at radius 1 is 1.16 bits per heavy atom. The minimum absolute atomic E-state index is 0.106. The van der Waals surface area contributed by atoms with E-state index < -0.39 is 17.4 Å². The number of aliphatic carboxylic acids is 1. The van der Waals surface area contributed by atoms with Gasteiger partial charge in [-0.15, -0.1) is 0 Å². The van der Waals surface area contributed by atoms with Crippen molar-refractivity contribution >= 4 is 17.8 Å². The van der Waals surface area contributed by atoms with Gasteiger partial charge in [0.2, 0.25) is 5.91 Å². The van der Waals surface area contributed by atoms with Crippen molar-refractivity contribution in [3.63, 3.8) is 0 Å². The minimum atomic E-state index is -1.06. The topological polar surface area (TPSA) is 83.9 Å². The Labute approximate surface area is 113 Å². The zero-order chi connectivity index (χ0) is 15.1. The largest absolute Gasteiger partial charge is 0.481 e. The van der Waals surface area contributed by atoms with Gasteiger partial charge in [0.25, 0.3) is 0 Å². The highest BCUT2D eigenvalue weighted by molar-refractivity contribution is 5.87. The van der Waals surface area contributed by atoms with Gasteiger partial charge in [-0.05, 0) is 19.8 Å². The Morgan fingerprint density at radius 2 is 1.68 bits per heavy atom. The number of likely N-dealkylation sites (N-methyl/N-ethyl adjacent to an activating group) is 1. The van der Waals surface area contributed by atoms with Gasteiger partial charge in [-0.3, -0.25) is 14.4 Å². The number of rotatable bonds is 8. The molecule has 0 rings (SSSR count). The molecule has 110 valence electrons. The van der Waals surface area contributed by atoms with Crippen LogP contribution >= 0.6 is 0 Å². The summed E-state index contributed by atoms with van der Waals surface area (Å²) < 4.78 is 4.74. The van der Waals surface area contributed by atoms with E-state index in [4.69, 9.17) is 4.74 Å². The van der Waals surface area contributed by atoms with E-state index in [-0.39, 0.29) is 25.5 Å². The molecule has 1 amide bonds. The van der Waals surface area contributed by atoms with E-state index in [0.29, 0.717) is 12.8 Å². The van der Waals surface area contributed by atoms with Crippen molar-refractivity contribution in [3.05, 3.63) is 0 Å². The number of nitrogens with zero attached hydrogens (tertiary/aromatic N) is 1. The van der Waals surface area contributed by atoms with Crippen LogP contribution < -0.4 is 0 Å². The summed E-state index contributed by atoms with van der Waals surface area (Å²) in [6.07, 6.45) is 0.640. The van der Waals surface area contributed by atoms with Gasteiger partial charge >= 0.3 is 11.9 Å². The number of carbonyl (C=O) groups is 3. The first kappa shape index (κ1) is 17.4. The van der Waals surface area contributed by atoms with E-state index in [1.165, 1.54) is 11.9 Å². The monoisotopic (exact) mass is 273 g/mol. The third kappa shape index (κ3) is 4.89. The van der Waals surface area contributed by atoms with Gasteiger partial charge in [-0.2, -0.15) is 0 Å². The molecule has 0 saturated carbocycles. The van der Waals surface area contributed by atoms with Crippen molar-refractivity contribution in [2.75, 3.05) is 20.2 Å². The third-order valence-corrected chi connectivity index (χ3v) is 3.39. The lowest BCUT2D eigenvalue weighted by atomic mass is 9.79. The molecule has 0 aromatic heterocycles. The number of carboxylic acids is 1. The zero-order valence-electron chi connectivity index (χ0n) is 12.1. The lowest BCUT2D eigenvalue weighted by molar-refractivity contribution is -0.155. The normalized spacial score (nSPS) is 10.9. The fraction of sp³-hybridized carbons (Fsp3) is 0.769. The Morgan fingerprint density at radius 3 is 2.05 bits per heavy atom. The zero-order valence-corrected chi connectivity index (χ0v) is 12.1. The lowest BCUT2D eigenvalue weighted by Gasteiger charge is -2.28. The summed E-state index contributed by atoms with van der Waals surface area (Å²) in [5, 5.41) is 9.26. The predicted molar refractivity (Wildman–Crippen MR) is 69.5 cm³/mol. The van der Waals surface area contributed by atoms with Crippen molar-refractivity contribution in [1.82, 2.24) is 4.90 Å². The SMILES string of the molecule is CCOC(=O)CN(C)C(=O)CC(CC)(CC)C(=O)O. The molecule has 0 aliphatic heterocycles. The molecule has 0 fully saturated rings. The Bertz CT molecular complexity index is 336. The second kappa shape index (κ2) is 7.76. The van der Waals surface area contributed by atoms with Crippen molar-refractivity contribution in [2.24, 2.45) is 5.41 Å². The van der Waals surface area contributed by atoms with Crippen LogP contribution in [0, 0.1) is 5.41 Å². The van der Waals surface area contributed by atoms with E-state index in [1.54, 1.807) is 20.8 Å². The van der Waals surface area contributed by atoms with E-state index in [0.717, 1.165) is 0 Å². The van der Waals surface area contributed by atoms with Crippen LogP contribution in [-0.2, 0) is 19.1 Å². The highest BCUT2D eigenvalue weighted by Crippen LogP contribution is 2.31. The molecule has 1 N–H and O–H groups in total. The number of hydrogen-bond acceptors (Lipinski definition) is 4. The summed E-state index contributed by atoms with van der Waals surface area (Å²) in [4.78, 5) is 35.8. The van der Waals surface area contributed by atoms with Gasteiger partial charge in [0.1, 0.15) is 6.54 Å². The molecule has 6 heteroatoms. The molecule has 19 heavy (non-hydrogen) atoms. The predicted octanol–water partition coefficient (Wildman–Crippen LogP) is 1.29. The molecule has 0 heterocycles. The fourth-order valence-electron chi connectivity index (χ4n) is 1.79. The number of carboxylic acid groups (broad SMARTS) is 1. The second-order valence-corrected chi connectivity index (χ2v) is 4.52. The maximum absolute atomic E-state index is 12.0. The van der Waals surface area contributed by atoms with Gasteiger partial charge < -0.3 is 14.7 Å². The van der Waals surface area contributed by atoms with Crippen molar-refractivity contribution < 1.29 is 24.2 Å². The van der Waals surface area contributed by atoms with Crippen LogP contribution in [-0.4, -0.2) is 48.1 Å². The van der Waals surface area contributed by atoms with E-state index >= 15 is 0 Å². The molecule has 0 aromatic carbocycles. The van der Waals surface area contributed by atoms with Crippen molar-refractivity contribution in [1.29, 1.82) is 0 Å². The number of carbonyl (C=O) groups excluding carboxylic acids is 2. The summed E-state index contributed by atoms with van der Waals surface area (Å²) in [5.74, 6) is -1.83. The van der Waals surface area contributed by atoms with Gasteiger partial charge in [-0.1, -0.05) is 13.8 Å². The fourth-order valence-corrected chi connectivity index (χ4v) is 1.79. The smallest absolute Gasteiger partial charge is 0.325 e. The Balaban J connectivity index is 4.65. The highest BCUT2D eigenvalue weighted by Gasteiger charge is 2.38. The van der Waals surface area contributed by atoms with Crippen LogP contribution in [0.5, 0.6) is 0 Å². The summed E-state index contributed by atoms with van der Waals surface area (Å²) in [5.41, 5.74) is -1.06. The summed E-state index contributed by atoms with van der Waals surface area (Å²) in [6, 6.07) is 0. The molecule has 0 atom stereocenters. The maximum Gasteiger partial charge on any atom is 0.325 e. The van der Waals surface area contributed by atoms with Gasteiger partial charge in [0.15, 0.2) is 0 Å². The number of amides is 1. The van der Waals surface area contributed by atoms with E-state index in [2.05, 4.69) is 0 Å². The van der Waals surface area contributed by atoms with E-state index in [9.17, 15) is 19.5 Å². The lowest BCUT2D eigenvalue weighted by Crippen LogP contribution is -2.39. The molecule has 0 aromatic rings. The molecule has 0 spiro atoms. The molecule has 0 bridgehead atoms. The van der Waals surface area contributed by atoms with Crippen molar-refractivity contribution in [3.8, 4) is 0 Å². The number of hydrogen-bond donors (Lipinski definition) is 1. The van der Waals surface area contributed by atoms with Crippen LogP contribution in [0.1, 0.15) is 40.0 Å². The van der Waals surface area contributed by atoms with Crippen LogP contribution in [0.15, 0.2) is 0 Å². The molecule has 0 aliphatic rings. The molecular weight excluding hydrogens is 250 g/mol. The molecule has 0 aliphatic carbocycles. The van der Waals surface area contributed by atoms with Crippen LogP contribution in [0.2, 0.25) is 0 Å². The van der Waals surface area contributed by atoms with Crippen LogP contribution in [0.25, 0.3) is 0 Å². The number of ether oxygens (including phenoxy) is 1. The molecule has 0 unspecified atom stereocenters. The van der Waals surface area contributed by atoms with Gasteiger partial charge in [0.05, 0.1) is 12.0 Å². The van der Waals surface area contributed by atoms with Crippen molar-refractivity contribution in [2.45, 2.75) is 40.0 Å². The van der Waals surface area contributed by atoms with Crippen LogP contribution in [0.4, 0.5) is 0 Å². The standard InChI is InChI=1S/C13H23NO5/c1-5-13(6-2,12(17)18)8-10(15)14(4)9-11(16)19-7-3/h5-9H2,1-4H3,(H,17,18). The van der Waals surface area contributed by atoms with E-state index in [1.807, 2.05) is 0 Å². The summed E-state index contributed by atoms with van der Waals surface area (Å²) >= 11 is 0. The Kier molecular flexibility index (Phi) is 7.11. The second-order valence-electron chi connectivity index (χ2n) is 4.52. The minimum Gasteiger partial charge on any atom is -0.481 e. The first-order chi connectivity index (χ1) is 8.82.